The highest BCUT2D eigenvalue weighted by Crippen LogP contribution is 2.32. The first-order valence-electron chi connectivity index (χ1n) is 15.0. The Morgan fingerprint density at radius 2 is 1.66 bits per heavy atom. The number of rotatable bonds is 7. The normalized spacial score (nSPS) is 21.9. The second kappa shape index (κ2) is 12.6. The fraction of sp³-hybridized carbons (Fsp3) is 0.485. The molecular formula is C33H40N4O4. The van der Waals surface area contributed by atoms with Crippen LogP contribution >= 0.6 is 0 Å². The molecule has 0 atom stereocenters. The molecule has 3 aromatic rings. The average Bonchev–Trinajstić information content (AvgIpc) is 3.53. The summed E-state index contributed by atoms with van der Waals surface area (Å²) in [6, 6.07) is 14.7. The van der Waals surface area contributed by atoms with Crippen molar-refractivity contribution < 1.29 is 18.8 Å². The van der Waals surface area contributed by atoms with E-state index in [1.807, 2.05) is 24.3 Å². The molecule has 2 aliphatic heterocycles. The van der Waals surface area contributed by atoms with Crippen molar-refractivity contribution in [2.24, 2.45) is 5.92 Å². The van der Waals surface area contributed by atoms with Crippen molar-refractivity contribution in [2.75, 3.05) is 38.2 Å². The molecule has 8 nitrogen and oxygen atoms in total. The summed E-state index contributed by atoms with van der Waals surface area (Å²) < 4.78 is 17.1. The SMILES string of the molecule is COC(=O)c1ccc(-c2ccc(-c3noc(N4CCC(OC5CCC(C)CC5)CC4)n3)cc2)cc1C1=CCNCC1. The molecule has 0 spiro atoms. The van der Waals surface area contributed by atoms with Crippen LogP contribution in [0.25, 0.3) is 28.1 Å². The first kappa shape index (κ1) is 27.7. The van der Waals surface area contributed by atoms with Gasteiger partial charge in [-0.1, -0.05) is 48.5 Å². The predicted octanol–water partition coefficient (Wildman–Crippen LogP) is 6.13. The van der Waals surface area contributed by atoms with E-state index in [2.05, 4.69) is 46.6 Å². The van der Waals surface area contributed by atoms with Crippen LogP contribution < -0.4 is 10.2 Å². The smallest absolute Gasteiger partial charge is 0.338 e. The first-order chi connectivity index (χ1) is 20.1. The molecule has 3 heterocycles. The molecule has 1 N–H and O–H groups in total. The van der Waals surface area contributed by atoms with E-state index in [0.717, 1.165) is 73.6 Å². The fourth-order valence-electron chi connectivity index (χ4n) is 6.24. The zero-order valence-corrected chi connectivity index (χ0v) is 24.1. The van der Waals surface area contributed by atoms with Crippen molar-refractivity contribution in [2.45, 2.75) is 64.1 Å². The van der Waals surface area contributed by atoms with Gasteiger partial charge in [-0.15, -0.1) is 0 Å². The summed E-state index contributed by atoms with van der Waals surface area (Å²) in [5.74, 6) is 1.11. The first-order valence-corrected chi connectivity index (χ1v) is 15.0. The number of nitrogens with zero attached hydrogens (tertiary/aromatic N) is 3. The molecule has 3 aliphatic rings. The molecule has 0 radical (unpaired) electrons. The summed E-state index contributed by atoms with van der Waals surface area (Å²) >= 11 is 0. The summed E-state index contributed by atoms with van der Waals surface area (Å²) in [5.41, 5.74) is 5.70. The molecule has 1 saturated carbocycles. The third kappa shape index (κ3) is 6.39. The molecule has 2 fully saturated rings. The Kier molecular flexibility index (Phi) is 8.49. The van der Waals surface area contributed by atoms with Crippen LogP contribution in [-0.2, 0) is 9.47 Å². The number of carbonyl (C=O) groups is 1. The molecule has 1 aliphatic carbocycles. The lowest BCUT2D eigenvalue weighted by Gasteiger charge is -2.34. The van der Waals surface area contributed by atoms with Crippen molar-refractivity contribution >= 4 is 17.6 Å². The maximum atomic E-state index is 12.5. The summed E-state index contributed by atoms with van der Waals surface area (Å²) in [7, 11) is 1.42. The highest BCUT2D eigenvalue weighted by Gasteiger charge is 2.27. The average molecular weight is 557 g/mol. The zero-order chi connectivity index (χ0) is 28.2. The number of esters is 1. The molecule has 0 bridgehead atoms. The van der Waals surface area contributed by atoms with Crippen LogP contribution in [0.15, 0.2) is 53.1 Å². The number of carbonyl (C=O) groups excluding carboxylic acids is 1. The molecule has 0 unspecified atom stereocenters. The number of benzene rings is 2. The summed E-state index contributed by atoms with van der Waals surface area (Å²) in [4.78, 5) is 19.3. The molecule has 0 amide bonds. The van der Waals surface area contributed by atoms with Gasteiger partial charge in [-0.05, 0) is 91.8 Å². The molecule has 6 rings (SSSR count). The fourth-order valence-corrected chi connectivity index (χ4v) is 6.24. The van der Waals surface area contributed by atoms with E-state index < -0.39 is 0 Å². The van der Waals surface area contributed by atoms with E-state index in [9.17, 15) is 4.79 Å². The molecule has 216 valence electrons. The number of aromatic nitrogens is 2. The second-order valence-electron chi connectivity index (χ2n) is 11.6. The van der Waals surface area contributed by atoms with Gasteiger partial charge < -0.3 is 24.2 Å². The Balaban J connectivity index is 1.11. The van der Waals surface area contributed by atoms with Crippen LogP contribution in [0.3, 0.4) is 0 Å². The molecular weight excluding hydrogens is 516 g/mol. The monoisotopic (exact) mass is 556 g/mol. The highest BCUT2D eigenvalue weighted by atomic mass is 16.5. The lowest BCUT2D eigenvalue weighted by Crippen LogP contribution is -2.39. The van der Waals surface area contributed by atoms with Gasteiger partial charge in [-0.25, -0.2) is 4.79 Å². The van der Waals surface area contributed by atoms with E-state index in [-0.39, 0.29) is 5.97 Å². The Bertz CT molecular complexity index is 1370. The van der Waals surface area contributed by atoms with E-state index in [1.165, 1.54) is 38.4 Å². The predicted molar refractivity (Wildman–Crippen MR) is 160 cm³/mol. The van der Waals surface area contributed by atoms with Gasteiger partial charge in [0.2, 0.25) is 5.82 Å². The minimum atomic E-state index is -0.315. The molecule has 2 aromatic carbocycles. The highest BCUT2D eigenvalue weighted by molar-refractivity contribution is 5.96. The number of nitrogens with one attached hydrogen (secondary N) is 1. The van der Waals surface area contributed by atoms with Crippen molar-refractivity contribution in [3.8, 4) is 22.5 Å². The number of piperidine rings is 1. The standard InChI is InChI=1S/C33H40N4O4/c1-22-3-10-27(11-4-22)40-28-15-19-37(20-16-28)33-35-31(36-41-33)25-7-5-23(6-8-25)26-9-12-29(32(38)39-2)30(21-26)24-13-17-34-18-14-24/h5-9,12-13,21-22,27-28,34H,3-4,10-11,14-20H2,1-2H3. The Hall–Kier alpha value is -3.49. The summed E-state index contributed by atoms with van der Waals surface area (Å²) in [6.07, 6.45) is 10.7. The molecule has 1 aromatic heterocycles. The maximum absolute atomic E-state index is 12.5. The maximum Gasteiger partial charge on any atom is 0.338 e. The van der Waals surface area contributed by atoms with Crippen LogP contribution in [0.4, 0.5) is 6.01 Å². The van der Waals surface area contributed by atoms with Gasteiger partial charge in [-0.2, -0.15) is 4.98 Å². The topological polar surface area (TPSA) is 89.7 Å². The van der Waals surface area contributed by atoms with Gasteiger partial charge in [-0.3, -0.25) is 0 Å². The van der Waals surface area contributed by atoms with E-state index in [0.29, 0.717) is 29.6 Å². The quantitative estimate of drug-likeness (QED) is 0.348. The lowest BCUT2D eigenvalue weighted by atomic mass is 9.88. The minimum Gasteiger partial charge on any atom is -0.465 e. The van der Waals surface area contributed by atoms with Crippen LogP contribution in [0.1, 0.15) is 67.8 Å². The second-order valence-corrected chi connectivity index (χ2v) is 11.6. The summed E-state index contributed by atoms with van der Waals surface area (Å²) in [5, 5.41) is 7.61. The largest absolute Gasteiger partial charge is 0.465 e. The Morgan fingerprint density at radius 3 is 2.37 bits per heavy atom. The molecule has 41 heavy (non-hydrogen) atoms. The van der Waals surface area contributed by atoms with Gasteiger partial charge in [0.25, 0.3) is 0 Å². The number of ether oxygens (including phenoxy) is 2. The van der Waals surface area contributed by atoms with Crippen LogP contribution in [0, 0.1) is 5.92 Å². The van der Waals surface area contributed by atoms with Crippen LogP contribution in [-0.4, -0.2) is 61.6 Å². The third-order valence-corrected chi connectivity index (χ3v) is 8.79. The van der Waals surface area contributed by atoms with Crippen molar-refractivity contribution in [3.05, 3.63) is 59.7 Å². The number of hydrogen-bond acceptors (Lipinski definition) is 8. The van der Waals surface area contributed by atoms with Crippen molar-refractivity contribution in [1.29, 1.82) is 0 Å². The van der Waals surface area contributed by atoms with Crippen LogP contribution in [0.5, 0.6) is 0 Å². The minimum absolute atomic E-state index is 0.315. The van der Waals surface area contributed by atoms with Gasteiger partial charge in [0.1, 0.15) is 0 Å². The van der Waals surface area contributed by atoms with E-state index in [1.54, 1.807) is 0 Å². The van der Waals surface area contributed by atoms with Gasteiger partial charge in [0, 0.05) is 25.2 Å². The third-order valence-electron chi connectivity index (χ3n) is 8.79. The number of methoxy groups -OCH3 is 1. The van der Waals surface area contributed by atoms with Crippen molar-refractivity contribution in [1.82, 2.24) is 15.5 Å². The van der Waals surface area contributed by atoms with E-state index in [4.69, 9.17) is 19.0 Å². The lowest BCUT2D eigenvalue weighted by molar-refractivity contribution is -0.0450. The Morgan fingerprint density at radius 1 is 0.951 bits per heavy atom. The van der Waals surface area contributed by atoms with Gasteiger partial charge in [0.15, 0.2) is 0 Å². The van der Waals surface area contributed by atoms with Gasteiger partial charge in [0.05, 0.1) is 24.9 Å². The number of hydrogen-bond donors (Lipinski definition) is 1. The molecule has 1 saturated heterocycles. The van der Waals surface area contributed by atoms with Crippen LogP contribution in [0.2, 0.25) is 0 Å². The zero-order valence-electron chi connectivity index (χ0n) is 24.1. The molecule has 8 heteroatoms. The Labute approximate surface area is 242 Å². The summed E-state index contributed by atoms with van der Waals surface area (Å²) in [6.45, 7) is 5.77. The van der Waals surface area contributed by atoms with Crippen molar-refractivity contribution in [3.63, 3.8) is 0 Å². The van der Waals surface area contributed by atoms with E-state index >= 15 is 0 Å². The number of anilines is 1. The van der Waals surface area contributed by atoms with Gasteiger partial charge >= 0.3 is 12.0 Å².